The van der Waals surface area contributed by atoms with Crippen molar-refractivity contribution in [3.05, 3.63) is 59.7 Å². The fraction of sp³-hybridized carbons (Fsp3) is 0.435. The van der Waals surface area contributed by atoms with Crippen LogP contribution in [0, 0.1) is 0 Å². The zero-order valence-electron chi connectivity index (χ0n) is 16.9. The summed E-state index contributed by atoms with van der Waals surface area (Å²) < 4.78 is 10.6. The number of hydrogen-bond acceptors (Lipinski definition) is 4. The summed E-state index contributed by atoms with van der Waals surface area (Å²) in [7, 11) is 3.28. The van der Waals surface area contributed by atoms with Crippen LogP contribution < -0.4 is 9.47 Å². The third kappa shape index (κ3) is 5.49. The van der Waals surface area contributed by atoms with Crippen LogP contribution in [0.1, 0.15) is 24.0 Å². The van der Waals surface area contributed by atoms with Gasteiger partial charge in [0, 0.05) is 39.1 Å². The van der Waals surface area contributed by atoms with E-state index in [4.69, 9.17) is 9.47 Å². The maximum Gasteiger partial charge on any atom is 0.222 e. The van der Waals surface area contributed by atoms with Crippen LogP contribution in [0.3, 0.4) is 0 Å². The molecule has 3 rings (SSSR count). The molecule has 0 radical (unpaired) electrons. The van der Waals surface area contributed by atoms with Crippen molar-refractivity contribution < 1.29 is 14.3 Å². The largest absolute Gasteiger partial charge is 0.493 e. The van der Waals surface area contributed by atoms with E-state index in [2.05, 4.69) is 29.2 Å². The molecule has 0 atom stereocenters. The van der Waals surface area contributed by atoms with Crippen LogP contribution in [0.2, 0.25) is 0 Å². The van der Waals surface area contributed by atoms with Crippen molar-refractivity contribution >= 4 is 5.91 Å². The minimum absolute atomic E-state index is 0.264. The molecule has 0 aliphatic carbocycles. The normalized spacial score (nSPS) is 14.7. The lowest BCUT2D eigenvalue weighted by molar-refractivity contribution is -0.133. The molecule has 1 aliphatic rings. The molecular weight excluding hydrogens is 352 g/mol. The SMILES string of the molecule is COc1ccc(CCCC(=O)N2CCN(Cc3ccccc3)CC2)cc1OC. The predicted octanol–water partition coefficient (Wildman–Crippen LogP) is 3.37. The summed E-state index contributed by atoms with van der Waals surface area (Å²) >= 11 is 0. The zero-order valence-corrected chi connectivity index (χ0v) is 16.9. The first-order chi connectivity index (χ1) is 13.7. The maximum atomic E-state index is 12.5. The lowest BCUT2D eigenvalue weighted by Crippen LogP contribution is -2.48. The molecule has 0 spiro atoms. The minimum Gasteiger partial charge on any atom is -0.493 e. The molecule has 0 bridgehead atoms. The molecule has 0 unspecified atom stereocenters. The van der Waals surface area contributed by atoms with Crippen LogP contribution in [0.5, 0.6) is 11.5 Å². The van der Waals surface area contributed by atoms with Gasteiger partial charge in [0.15, 0.2) is 11.5 Å². The van der Waals surface area contributed by atoms with Crippen LogP contribution in [0.25, 0.3) is 0 Å². The standard InChI is InChI=1S/C23H30N2O3/c1-27-21-12-11-19(17-22(21)28-2)9-6-10-23(26)25-15-13-24(14-16-25)18-20-7-4-3-5-8-20/h3-5,7-8,11-12,17H,6,9-10,13-16,18H2,1-2H3. The number of benzene rings is 2. The molecule has 1 amide bonds. The number of ether oxygens (including phenoxy) is 2. The highest BCUT2D eigenvalue weighted by Gasteiger charge is 2.20. The Bertz CT molecular complexity index is 756. The third-order valence-electron chi connectivity index (χ3n) is 5.28. The van der Waals surface area contributed by atoms with Gasteiger partial charge in [0.2, 0.25) is 5.91 Å². The summed E-state index contributed by atoms with van der Waals surface area (Å²) in [5.74, 6) is 1.73. The van der Waals surface area contributed by atoms with Crippen LogP contribution in [-0.2, 0) is 17.8 Å². The van der Waals surface area contributed by atoms with Gasteiger partial charge in [-0.3, -0.25) is 9.69 Å². The predicted molar refractivity (Wildman–Crippen MR) is 111 cm³/mol. The van der Waals surface area contributed by atoms with Crippen molar-refractivity contribution in [1.82, 2.24) is 9.80 Å². The van der Waals surface area contributed by atoms with Crippen molar-refractivity contribution in [2.75, 3.05) is 40.4 Å². The van der Waals surface area contributed by atoms with Gasteiger partial charge in [-0.2, -0.15) is 0 Å². The first-order valence-corrected chi connectivity index (χ1v) is 9.94. The van der Waals surface area contributed by atoms with Crippen molar-refractivity contribution in [3.63, 3.8) is 0 Å². The van der Waals surface area contributed by atoms with E-state index in [1.54, 1.807) is 14.2 Å². The molecule has 1 aliphatic heterocycles. The molecule has 2 aromatic carbocycles. The van der Waals surface area contributed by atoms with E-state index in [0.717, 1.165) is 62.6 Å². The van der Waals surface area contributed by atoms with E-state index < -0.39 is 0 Å². The average molecular weight is 383 g/mol. The molecule has 0 aromatic heterocycles. The number of carbonyl (C=O) groups is 1. The lowest BCUT2D eigenvalue weighted by atomic mass is 10.1. The van der Waals surface area contributed by atoms with E-state index in [0.29, 0.717) is 6.42 Å². The number of piperazine rings is 1. The highest BCUT2D eigenvalue weighted by molar-refractivity contribution is 5.76. The van der Waals surface area contributed by atoms with E-state index in [1.807, 2.05) is 29.2 Å². The molecule has 5 heteroatoms. The van der Waals surface area contributed by atoms with Crippen molar-refractivity contribution in [2.45, 2.75) is 25.8 Å². The fourth-order valence-corrected chi connectivity index (χ4v) is 3.63. The van der Waals surface area contributed by atoms with Crippen LogP contribution in [-0.4, -0.2) is 56.1 Å². The Morgan fingerprint density at radius 3 is 2.29 bits per heavy atom. The first kappa shape index (κ1) is 20.2. The Balaban J connectivity index is 1.40. The summed E-state index contributed by atoms with van der Waals surface area (Å²) in [4.78, 5) is 17.0. The van der Waals surface area contributed by atoms with E-state index >= 15 is 0 Å². The van der Waals surface area contributed by atoms with Crippen molar-refractivity contribution in [2.24, 2.45) is 0 Å². The fourth-order valence-electron chi connectivity index (χ4n) is 3.63. The molecule has 0 N–H and O–H groups in total. The van der Waals surface area contributed by atoms with Gasteiger partial charge in [0.05, 0.1) is 14.2 Å². The quantitative estimate of drug-likeness (QED) is 0.702. The number of carbonyl (C=O) groups excluding carboxylic acids is 1. The van der Waals surface area contributed by atoms with Gasteiger partial charge in [-0.05, 0) is 36.1 Å². The number of nitrogens with zero attached hydrogens (tertiary/aromatic N) is 2. The summed E-state index contributed by atoms with van der Waals surface area (Å²) in [6, 6.07) is 16.5. The molecule has 1 fully saturated rings. The molecule has 1 heterocycles. The number of aryl methyl sites for hydroxylation is 1. The average Bonchev–Trinajstić information content (AvgIpc) is 2.74. The highest BCUT2D eigenvalue weighted by atomic mass is 16.5. The van der Waals surface area contributed by atoms with Crippen molar-refractivity contribution in [1.29, 1.82) is 0 Å². The molecular formula is C23H30N2O3. The summed E-state index contributed by atoms with van der Waals surface area (Å²) in [6.45, 7) is 4.48. The molecule has 28 heavy (non-hydrogen) atoms. The van der Waals surface area contributed by atoms with Gasteiger partial charge in [-0.15, -0.1) is 0 Å². The van der Waals surface area contributed by atoms with E-state index in [9.17, 15) is 4.79 Å². The van der Waals surface area contributed by atoms with Gasteiger partial charge in [-0.1, -0.05) is 36.4 Å². The molecule has 1 saturated heterocycles. The summed E-state index contributed by atoms with van der Waals surface area (Å²) in [5, 5.41) is 0. The first-order valence-electron chi connectivity index (χ1n) is 9.94. The van der Waals surface area contributed by atoms with Crippen LogP contribution in [0.4, 0.5) is 0 Å². The third-order valence-corrected chi connectivity index (χ3v) is 5.28. The number of amides is 1. The van der Waals surface area contributed by atoms with Crippen LogP contribution >= 0.6 is 0 Å². The Kier molecular flexibility index (Phi) is 7.31. The Morgan fingerprint density at radius 1 is 0.893 bits per heavy atom. The van der Waals surface area contributed by atoms with E-state index in [1.165, 1.54) is 5.56 Å². The molecule has 0 saturated carbocycles. The van der Waals surface area contributed by atoms with Crippen molar-refractivity contribution in [3.8, 4) is 11.5 Å². The van der Waals surface area contributed by atoms with Gasteiger partial charge < -0.3 is 14.4 Å². The monoisotopic (exact) mass is 382 g/mol. The second-order valence-electron chi connectivity index (χ2n) is 7.19. The molecule has 2 aromatic rings. The number of hydrogen-bond donors (Lipinski definition) is 0. The van der Waals surface area contributed by atoms with Gasteiger partial charge in [0.1, 0.15) is 0 Å². The van der Waals surface area contributed by atoms with Gasteiger partial charge in [-0.25, -0.2) is 0 Å². The molecule has 5 nitrogen and oxygen atoms in total. The van der Waals surface area contributed by atoms with Gasteiger partial charge >= 0.3 is 0 Å². The summed E-state index contributed by atoms with van der Waals surface area (Å²) in [6.07, 6.45) is 2.30. The Labute approximate surface area is 167 Å². The minimum atomic E-state index is 0.264. The smallest absolute Gasteiger partial charge is 0.222 e. The maximum absolute atomic E-state index is 12.5. The summed E-state index contributed by atoms with van der Waals surface area (Å²) in [5.41, 5.74) is 2.50. The second-order valence-corrected chi connectivity index (χ2v) is 7.19. The molecule has 150 valence electrons. The highest BCUT2D eigenvalue weighted by Crippen LogP contribution is 2.28. The van der Waals surface area contributed by atoms with E-state index in [-0.39, 0.29) is 5.91 Å². The number of rotatable bonds is 8. The Hall–Kier alpha value is -2.53. The number of methoxy groups -OCH3 is 2. The zero-order chi connectivity index (χ0) is 19.8. The van der Waals surface area contributed by atoms with Crippen LogP contribution in [0.15, 0.2) is 48.5 Å². The second kappa shape index (κ2) is 10.1. The Morgan fingerprint density at radius 2 is 1.61 bits per heavy atom. The van der Waals surface area contributed by atoms with Gasteiger partial charge in [0.25, 0.3) is 0 Å². The topological polar surface area (TPSA) is 42.0 Å². The lowest BCUT2D eigenvalue weighted by Gasteiger charge is -2.34.